The third-order valence-electron chi connectivity index (χ3n) is 2.57. The van der Waals surface area contributed by atoms with Crippen molar-refractivity contribution in [3.8, 4) is 0 Å². The molecule has 3 nitrogen and oxygen atoms in total. The van der Waals surface area contributed by atoms with Crippen LogP contribution in [-0.4, -0.2) is 30.7 Å². The first-order valence-electron chi connectivity index (χ1n) is 6.40. The second kappa shape index (κ2) is 7.89. The lowest BCUT2D eigenvalue weighted by Crippen LogP contribution is -2.24. The molecular weight excluding hydrogens is 248 g/mol. The zero-order chi connectivity index (χ0) is 15.0. The maximum absolute atomic E-state index is 11.8. The smallest absolute Gasteiger partial charge is 0.271 e. The number of amides is 1. The van der Waals surface area contributed by atoms with Gasteiger partial charge in [-0.05, 0) is 12.5 Å². The zero-order valence-electron chi connectivity index (χ0n) is 12.2. The van der Waals surface area contributed by atoms with Gasteiger partial charge in [-0.3, -0.25) is 4.79 Å². The maximum atomic E-state index is 11.8. The highest BCUT2D eigenvalue weighted by Gasteiger charge is 2.10. The van der Waals surface area contributed by atoms with E-state index in [1.807, 2.05) is 57.4 Å². The van der Waals surface area contributed by atoms with Gasteiger partial charge in [0.25, 0.3) is 5.91 Å². The molecule has 0 saturated carbocycles. The van der Waals surface area contributed by atoms with Crippen LogP contribution in [0.15, 0.2) is 66.2 Å². The highest BCUT2D eigenvalue weighted by atomic mass is 16.1. The van der Waals surface area contributed by atoms with Crippen molar-refractivity contribution < 1.29 is 4.79 Å². The Labute approximate surface area is 120 Å². The first kappa shape index (κ1) is 15.6. The first-order chi connectivity index (χ1) is 9.56. The number of hydrogen-bond donors (Lipinski definition) is 0. The molecule has 0 radical (unpaired) electrons. The van der Waals surface area contributed by atoms with Crippen LogP contribution in [0.1, 0.15) is 12.5 Å². The van der Waals surface area contributed by atoms with Crippen LogP contribution in [0.4, 0.5) is 0 Å². The van der Waals surface area contributed by atoms with Crippen LogP contribution in [-0.2, 0) is 4.79 Å². The molecule has 0 aromatic heterocycles. The molecule has 1 rings (SSSR count). The summed E-state index contributed by atoms with van der Waals surface area (Å²) >= 11 is 0. The Hall–Kier alpha value is -2.42. The number of aliphatic imine (C=N–C) groups is 1. The number of likely N-dealkylation sites (N-methyl/N-ethyl adjacent to an activating group) is 1. The molecule has 104 valence electrons. The average molecular weight is 268 g/mol. The summed E-state index contributed by atoms with van der Waals surface area (Å²) in [5.41, 5.74) is 1.67. The van der Waals surface area contributed by atoms with Gasteiger partial charge in [0.05, 0.1) is 0 Å². The number of allylic oxidation sites excluding steroid dienone is 3. The number of rotatable bonds is 4. The third kappa shape index (κ3) is 4.69. The van der Waals surface area contributed by atoms with E-state index in [4.69, 9.17) is 0 Å². The molecule has 0 N–H and O–H groups in total. The average Bonchev–Trinajstić information content (AvgIpc) is 2.45. The lowest BCUT2D eigenvalue weighted by Gasteiger charge is -2.17. The molecule has 0 heterocycles. The molecule has 1 aromatic rings. The minimum atomic E-state index is -0.302. The van der Waals surface area contributed by atoms with Gasteiger partial charge in [0.2, 0.25) is 0 Å². The summed E-state index contributed by atoms with van der Waals surface area (Å²) in [6.45, 7) is 5.92. The molecular formula is C17H20N2O. The molecule has 0 saturated heterocycles. The first-order valence-corrected chi connectivity index (χ1v) is 6.40. The topological polar surface area (TPSA) is 32.7 Å². The van der Waals surface area contributed by atoms with Gasteiger partial charge >= 0.3 is 0 Å². The fourth-order valence-electron chi connectivity index (χ4n) is 1.60. The van der Waals surface area contributed by atoms with Crippen molar-refractivity contribution in [1.29, 1.82) is 0 Å². The molecule has 0 unspecified atom stereocenters. The molecule has 20 heavy (non-hydrogen) atoms. The minimum Gasteiger partial charge on any atom is -0.362 e. The molecule has 0 aliphatic carbocycles. The molecule has 0 fully saturated rings. The summed E-state index contributed by atoms with van der Waals surface area (Å²) in [7, 11) is 3.69. The lowest BCUT2D eigenvalue weighted by atomic mass is 10.1. The molecule has 0 aliphatic rings. The van der Waals surface area contributed by atoms with Crippen LogP contribution >= 0.6 is 0 Å². The summed E-state index contributed by atoms with van der Waals surface area (Å²) in [4.78, 5) is 17.7. The predicted molar refractivity (Wildman–Crippen MR) is 85.6 cm³/mol. The van der Waals surface area contributed by atoms with Gasteiger partial charge in [-0.2, -0.15) is 4.99 Å². The number of nitrogens with zero attached hydrogens (tertiary/aromatic N) is 2. The van der Waals surface area contributed by atoms with Crippen LogP contribution in [0.25, 0.3) is 5.57 Å². The number of carbonyl (C=O) groups is 1. The molecule has 0 spiro atoms. The predicted octanol–water partition coefficient (Wildman–Crippen LogP) is 3.32. The number of hydrogen-bond acceptors (Lipinski definition) is 1. The maximum Gasteiger partial charge on any atom is 0.271 e. The standard InChI is InChI=1S/C17H20N2O/c1-5-6-8-13-16(20)18-17(19(3)4)14(2)15-11-9-7-10-12-15/h5-13H,2H2,1,3-4H3/b6-5+,13-8+,18-17?. The SMILES string of the molecule is C=C(C(=NC(=O)/C=C/C=C/C)N(C)C)c1ccccc1. The Morgan fingerprint density at radius 2 is 1.85 bits per heavy atom. The Morgan fingerprint density at radius 3 is 2.40 bits per heavy atom. The quantitative estimate of drug-likeness (QED) is 0.363. The molecule has 1 amide bonds. The van der Waals surface area contributed by atoms with Crippen LogP contribution < -0.4 is 0 Å². The summed E-state index contributed by atoms with van der Waals surface area (Å²) in [6, 6.07) is 9.69. The van der Waals surface area contributed by atoms with Crippen molar-refractivity contribution >= 4 is 17.3 Å². The fraction of sp³-hybridized carbons (Fsp3) is 0.176. The van der Waals surface area contributed by atoms with Crippen molar-refractivity contribution in [2.24, 2.45) is 4.99 Å². The van der Waals surface area contributed by atoms with Gasteiger partial charge in [0.1, 0.15) is 5.84 Å². The van der Waals surface area contributed by atoms with E-state index in [1.165, 1.54) is 6.08 Å². The lowest BCUT2D eigenvalue weighted by molar-refractivity contribution is -0.113. The largest absolute Gasteiger partial charge is 0.362 e. The zero-order valence-corrected chi connectivity index (χ0v) is 12.2. The van der Waals surface area contributed by atoms with Crippen molar-refractivity contribution in [3.63, 3.8) is 0 Å². The Morgan fingerprint density at radius 1 is 1.20 bits per heavy atom. The van der Waals surface area contributed by atoms with Crippen molar-refractivity contribution in [2.75, 3.05) is 14.1 Å². The summed E-state index contributed by atoms with van der Waals surface area (Å²) in [5, 5.41) is 0. The molecule has 0 aliphatic heterocycles. The third-order valence-corrected chi connectivity index (χ3v) is 2.57. The monoisotopic (exact) mass is 268 g/mol. The van der Waals surface area contributed by atoms with Gasteiger partial charge in [-0.15, -0.1) is 0 Å². The van der Waals surface area contributed by atoms with E-state index in [-0.39, 0.29) is 5.91 Å². The van der Waals surface area contributed by atoms with Crippen molar-refractivity contribution in [3.05, 3.63) is 66.8 Å². The van der Waals surface area contributed by atoms with Gasteiger partial charge in [-0.25, -0.2) is 0 Å². The van der Waals surface area contributed by atoms with E-state index in [2.05, 4.69) is 11.6 Å². The number of carbonyl (C=O) groups excluding carboxylic acids is 1. The summed E-state index contributed by atoms with van der Waals surface area (Å²) in [5.74, 6) is 0.259. The molecule has 0 bridgehead atoms. The molecule has 0 atom stereocenters. The number of benzene rings is 1. The fourth-order valence-corrected chi connectivity index (χ4v) is 1.60. The minimum absolute atomic E-state index is 0.302. The van der Waals surface area contributed by atoms with E-state index in [9.17, 15) is 4.79 Å². The highest BCUT2D eigenvalue weighted by molar-refractivity contribution is 6.24. The summed E-state index contributed by atoms with van der Waals surface area (Å²) < 4.78 is 0. The normalized spacial score (nSPS) is 12.1. The van der Waals surface area contributed by atoms with Gasteiger partial charge in [-0.1, -0.05) is 55.1 Å². The van der Waals surface area contributed by atoms with Gasteiger partial charge < -0.3 is 4.90 Å². The van der Waals surface area contributed by atoms with Crippen LogP contribution in [0.5, 0.6) is 0 Å². The Balaban J connectivity index is 3.00. The summed E-state index contributed by atoms with van der Waals surface area (Å²) in [6.07, 6.45) is 6.74. The van der Waals surface area contributed by atoms with Gasteiger partial charge in [0, 0.05) is 25.7 Å². The van der Waals surface area contributed by atoms with Crippen molar-refractivity contribution in [1.82, 2.24) is 4.90 Å². The second-order valence-corrected chi connectivity index (χ2v) is 4.40. The van der Waals surface area contributed by atoms with Crippen LogP contribution in [0.3, 0.4) is 0 Å². The van der Waals surface area contributed by atoms with Crippen LogP contribution in [0.2, 0.25) is 0 Å². The number of amidine groups is 1. The second-order valence-electron chi connectivity index (χ2n) is 4.40. The van der Waals surface area contributed by atoms with E-state index < -0.39 is 0 Å². The van der Waals surface area contributed by atoms with E-state index >= 15 is 0 Å². The molecule has 1 aromatic carbocycles. The highest BCUT2D eigenvalue weighted by Crippen LogP contribution is 2.15. The molecule has 3 heteroatoms. The Bertz CT molecular complexity index is 552. The van der Waals surface area contributed by atoms with E-state index in [1.54, 1.807) is 17.1 Å². The van der Waals surface area contributed by atoms with E-state index in [0.717, 1.165) is 11.1 Å². The van der Waals surface area contributed by atoms with E-state index in [0.29, 0.717) is 5.84 Å². The Kier molecular flexibility index (Phi) is 6.17. The van der Waals surface area contributed by atoms with Crippen LogP contribution in [0, 0.1) is 0 Å². The van der Waals surface area contributed by atoms with Crippen molar-refractivity contribution in [2.45, 2.75) is 6.92 Å². The van der Waals surface area contributed by atoms with Gasteiger partial charge in [0.15, 0.2) is 0 Å².